The summed E-state index contributed by atoms with van der Waals surface area (Å²) in [6.07, 6.45) is 0. The zero-order chi connectivity index (χ0) is 3.41. The van der Waals surface area contributed by atoms with E-state index >= 15 is 0 Å². The zero-order valence-corrected chi connectivity index (χ0v) is 6.41. The first kappa shape index (κ1) is 4.47. The van der Waals surface area contributed by atoms with E-state index in [9.17, 15) is 2.87 Å². The van der Waals surface area contributed by atoms with Gasteiger partial charge in [-0.3, -0.25) is 0 Å². The van der Waals surface area contributed by atoms with Crippen LogP contribution in [-0.2, 0) is 0 Å². The van der Waals surface area contributed by atoms with Gasteiger partial charge in [0.05, 0.1) is 0 Å². The third-order valence-corrected chi connectivity index (χ3v) is 0.732. The molecule has 0 heterocycles. The summed E-state index contributed by atoms with van der Waals surface area (Å²) >= 11 is -1.77. The molecule has 4 heavy (non-hydrogen) atoms. The van der Waals surface area contributed by atoms with Gasteiger partial charge in [-0.25, -0.2) is 0 Å². The zero-order valence-electron chi connectivity index (χ0n) is 2.37. The van der Waals surface area contributed by atoms with Gasteiger partial charge in [-0.1, -0.05) is 0 Å². The Morgan fingerprint density at radius 3 is 2.25 bits per heavy atom. The summed E-state index contributed by atoms with van der Waals surface area (Å²) in [5, 5.41) is 0. The molecule has 2 heteroatoms. The van der Waals surface area contributed by atoms with Crippen LogP contribution in [0.4, 0.5) is 2.87 Å². The fraction of sp³-hybridized carbons (Fsp3) is 0. The number of rotatable bonds is 1. The maximum absolute atomic E-state index is 10.8. The van der Waals surface area contributed by atoms with E-state index in [-0.39, 0.29) is 0 Å². The van der Waals surface area contributed by atoms with E-state index < -0.39 is 21.7 Å². The molecule has 0 saturated carbocycles. The Kier molecular flexibility index (Phi) is 3.88. The van der Waals surface area contributed by atoms with E-state index in [1.165, 1.54) is 4.09 Å². The van der Waals surface area contributed by atoms with Gasteiger partial charge in [-0.05, 0) is 0 Å². The molecular formula is C2H5FSn. The van der Waals surface area contributed by atoms with Crippen molar-refractivity contribution in [3.63, 3.8) is 0 Å². The van der Waals surface area contributed by atoms with Crippen LogP contribution in [0.15, 0.2) is 10.7 Å². The second kappa shape index (κ2) is 3.47. The predicted molar refractivity (Wildman–Crippen MR) is 19.8 cm³/mol. The summed E-state index contributed by atoms with van der Waals surface area (Å²) in [6.45, 7) is 3.20. The molecule has 0 rings (SSSR count). The molecule has 0 spiro atoms. The summed E-state index contributed by atoms with van der Waals surface area (Å²) in [6, 6.07) is 0. The third-order valence-electron chi connectivity index (χ3n) is 0.109. The Morgan fingerprint density at radius 2 is 2.25 bits per heavy atom. The molecule has 0 aromatic rings. The summed E-state index contributed by atoms with van der Waals surface area (Å²) < 4.78 is 12.2. The molecular weight excluding hydrogens is 162 g/mol. The molecule has 0 unspecified atom stereocenters. The molecule has 0 nitrogen and oxygen atoms in total. The average Bonchev–Trinajstić information content (AvgIpc) is 1.37. The summed E-state index contributed by atoms with van der Waals surface area (Å²) in [7, 11) is 0. The first-order valence-corrected chi connectivity index (χ1v) is 4.94. The second-order valence-corrected chi connectivity index (χ2v) is 2.97. The van der Waals surface area contributed by atoms with Gasteiger partial charge in [0.25, 0.3) is 0 Å². The Balaban J connectivity index is 2.30. The number of hydrogen-bond donors (Lipinski definition) is 0. The van der Waals surface area contributed by atoms with Crippen LogP contribution in [0.25, 0.3) is 0 Å². The van der Waals surface area contributed by atoms with Crippen molar-refractivity contribution in [2.24, 2.45) is 0 Å². The van der Waals surface area contributed by atoms with Crippen molar-refractivity contribution in [1.82, 2.24) is 0 Å². The van der Waals surface area contributed by atoms with Gasteiger partial charge in [0.1, 0.15) is 0 Å². The van der Waals surface area contributed by atoms with Crippen LogP contribution in [0.2, 0.25) is 0 Å². The SMILES string of the molecule is C=[CH][SnH2][F]. The minimum absolute atomic E-state index is 1.42. The van der Waals surface area contributed by atoms with Gasteiger partial charge in [-0.2, -0.15) is 0 Å². The fourth-order valence-corrected chi connectivity index (χ4v) is 0. The van der Waals surface area contributed by atoms with E-state index in [2.05, 4.69) is 6.58 Å². The van der Waals surface area contributed by atoms with Crippen LogP contribution in [0.3, 0.4) is 0 Å². The molecule has 0 aromatic carbocycles. The van der Waals surface area contributed by atoms with Crippen molar-refractivity contribution in [3.8, 4) is 0 Å². The Morgan fingerprint density at radius 1 is 2.00 bits per heavy atom. The molecule has 0 fully saturated rings. The molecule has 0 bridgehead atoms. The van der Waals surface area contributed by atoms with Gasteiger partial charge >= 0.3 is 35.3 Å². The Hall–Kier alpha value is 0.469. The molecule has 0 N–H and O–H groups in total. The van der Waals surface area contributed by atoms with Crippen molar-refractivity contribution in [1.29, 1.82) is 0 Å². The Labute approximate surface area is 35.7 Å². The van der Waals surface area contributed by atoms with E-state index in [0.717, 1.165) is 0 Å². The van der Waals surface area contributed by atoms with Crippen LogP contribution in [0.5, 0.6) is 0 Å². The molecule has 0 aromatic heterocycles. The third kappa shape index (κ3) is 2.47. The number of hydrogen-bond acceptors (Lipinski definition) is 0. The van der Waals surface area contributed by atoms with Crippen molar-refractivity contribution in [2.45, 2.75) is 0 Å². The van der Waals surface area contributed by atoms with E-state index in [1.54, 1.807) is 0 Å². The normalized spacial score (nSPS) is 9.25. The molecule has 0 aliphatic carbocycles. The molecule has 0 atom stereocenters. The quantitative estimate of drug-likeness (QED) is 0.488. The molecule has 0 aliphatic rings. The first-order valence-electron chi connectivity index (χ1n) is 1.08. The predicted octanol–water partition coefficient (Wildman–Crippen LogP) is 0.183. The average molecular weight is 167 g/mol. The van der Waals surface area contributed by atoms with Gasteiger partial charge in [0.2, 0.25) is 0 Å². The van der Waals surface area contributed by atoms with Crippen LogP contribution in [0, 0.1) is 0 Å². The van der Waals surface area contributed by atoms with Crippen molar-refractivity contribution >= 4 is 21.7 Å². The molecule has 24 valence electrons. The Bertz CT molecular complexity index is 20.0. The van der Waals surface area contributed by atoms with Crippen molar-refractivity contribution in [2.75, 3.05) is 0 Å². The number of halogens is 1. The molecule has 0 amide bonds. The van der Waals surface area contributed by atoms with E-state index in [4.69, 9.17) is 0 Å². The molecule has 0 saturated heterocycles. The van der Waals surface area contributed by atoms with Crippen LogP contribution < -0.4 is 0 Å². The first-order chi connectivity index (χ1) is 1.91. The van der Waals surface area contributed by atoms with Crippen LogP contribution in [0.1, 0.15) is 0 Å². The second-order valence-electron chi connectivity index (χ2n) is 0.443. The van der Waals surface area contributed by atoms with Gasteiger partial charge in [0, 0.05) is 0 Å². The summed E-state index contributed by atoms with van der Waals surface area (Å²) in [5.74, 6) is 0. The topological polar surface area (TPSA) is 0 Å². The van der Waals surface area contributed by atoms with Gasteiger partial charge in [0.15, 0.2) is 0 Å². The van der Waals surface area contributed by atoms with Gasteiger partial charge < -0.3 is 0 Å². The standard InChI is InChI=1S/C2H3.FH.Sn.2H/c1-2;;;;/h1H,2H2;1H;;;/q;;+1;;/p-1. The monoisotopic (exact) mass is 168 g/mol. The van der Waals surface area contributed by atoms with Crippen LogP contribution >= 0.6 is 0 Å². The van der Waals surface area contributed by atoms with Gasteiger partial charge in [-0.15, -0.1) is 0 Å². The maximum atomic E-state index is 10.8. The minimum atomic E-state index is -1.77. The summed E-state index contributed by atoms with van der Waals surface area (Å²) in [4.78, 5) is 0. The van der Waals surface area contributed by atoms with Crippen molar-refractivity contribution in [3.05, 3.63) is 10.7 Å². The summed E-state index contributed by atoms with van der Waals surface area (Å²) in [5.41, 5.74) is 0. The molecule has 0 aliphatic heterocycles. The van der Waals surface area contributed by atoms with Crippen molar-refractivity contribution < 1.29 is 2.87 Å². The fourth-order valence-electron chi connectivity index (χ4n) is 0. The van der Waals surface area contributed by atoms with E-state index in [0.29, 0.717) is 0 Å². The van der Waals surface area contributed by atoms with E-state index in [1.807, 2.05) is 0 Å². The molecule has 0 radical (unpaired) electrons. The van der Waals surface area contributed by atoms with Crippen LogP contribution in [-0.4, -0.2) is 21.7 Å².